The van der Waals surface area contributed by atoms with Crippen molar-refractivity contribution < 1.29 is 14.4 Å². The lowest BCUT2D eigenvalue weighted by molar-refractivity contribution is -0.117. The van der Waals surface area contributed by atoms with Gasteiger partial charge in [0.25, 0.3) is 17.7 Å². The van der Waals surface area contributed by atoms with Gasteiger partial charge in [0, 0.05) is 17.1 Å². The SMILES string of the molecule is CCCCNC(=O)c1ccc(C2=C3C(=O)NC(c4ccc(Cl)cc4)=C3C(=O)N2)cc1. The van der Waals surface area contributed by atoms with Crippen LogP contribution >= 0.6 is 11.6 Å². The minimum atomic E-state index is -0.343. The lowest BCUT2D eigenvalue weighted by Gasteiger charge is -2.08. The number of benzene rings is 2. The van der Waals surface area contributed by atoms with Crippen LogP contribution in [0.5, 0.6) is 0 Å². The third-order valence-electron chi connectivity index (χ3n) is 5.07. The highest BCUT2D eigenvalue weighted by molar-refractivity contribution is 6.31. The molecule has 2 aromatic rings. The van der Waals surface area contributed by atoms with Gasteiger partial charge in [0.2, 0.25) is 0 Å². The fourth-order valence-electron chi connectivity index (χ4n) is 3.50. The fraction of sp³-hybridized carbons (Fsp3) is 0.174. The molecule has 3 amide bonds. The quantitative estimate of drug-likeness (QED) is 0.626. The van der Waals surface area contributed by atoms with Gasteiger partial charge in [-0.05, 0) is 41.8 Å². The van der Waals surface area contributed by atoms with Crippen LogP contribution in [0.1, 0.15) is 41.3 Å². The van der Waals surface area contributed by atoms with Gasteiger partial charge in [-0.1, -0.05) is 49.2 Å². The van der Waals surface area contributed by atoms with Crippen LogP contribution in [-0.2, 0) is 9.59 Å². The second kappa shape index (κ2) is 8.16. The second-order valence-corrected chi connectivity index (χ2v) is 7.54. The van der Waals surface area contributed by atoms with E-state index in [1.54, 1.807) is 48.5 Å². The molecular weight excluding hydrogens is 402 g/mol. The number of nitrogens with one attached hydrogen (secondary N) is 3. The molecule has 2 aliphatic heterocycles. The van der Waals surface area contributed by atoms with Crippen molar-refractivity contribution in [3.05, 3.63) is 81.4 Å². The van der Waals surface area contributed by atoms with Crippen molar-refractivity contribution in [3.63, 3.8) is 0 Å². The molecule has 0 atom stereocenters. The number of halogens is 1. The van der Waals surface area contributed by atoms with E-state index in [-0.39, 0.29) is 17.7 Å². The topological polar surface area (TPSA) is 87.3 Å². The van der Waals surface area contributed by atoms with E-state index >= 15 is 0 Å². The van der Waals surface area contributed by atoms with Crippen molar-refractivity contribution in [1.82, 2.24) is 16.0 Å². The summed E-state index contributed by atoms with van der Waals surface area (Å²) < 4.78 is 0. The van der Waals surface area contributed by atoms with Crippen LogP contribution in [0, 0.1) is 0 Å². The monoisotopic (exact) mass is 421 g/mol. The van der Waals surface area contributed by atoms with Crippen molar-refractivity contribution in [2.45, 2.75) is 19.8 Å². The zero-order valence-corrected chi connectivity index (χ0v) is 17.1. The Morgan fingerprint density at radius 1 is 0.867 bits per heavy atom. The Morgan fingerprint density at radius 2 is 1.37 bits per heavy atom. The Hall–Kier alpha value is -3.38. The minimum absolute atomic E-state index is 0.146. The predicted molar refractivity (Wildman–Crippen MR) is 115 cm³/mol. The van der Waals surface area contributed by atoms with Crippen LogP contribution in [0.2, 0.25) is 5.02 Å². The Bertz CT molecular complexity index is 1100. The molecule has 2 aromatic carbocycles. The molecule has 2 aliphatic rings. The van der Waals surface area contributed by atoms with E-state index in [4.69, 9.17) is 11.6 Å². The maximum absolute atomic E-state index is 12.7. The van der Waals surface area contributed by atoms with Crippen molar-refractivity contribution >= 4 is 40.7 Å². The summed E-state index contributed by atoms with van der Waals surface area (Å²) in [6.07, 6.45) is 1.93. The van der Waals surface area contributed by atoms with Crippen LogP contribution in [0.4, 0.5) is 0 Å². The summed E-state index contributed by atoms with van der Waals surface area (Å²) in [4.78, 5) is 37.5. The van der Waals surface area contributed by atoms with E-state index in [1.807, 2.05) is 0 Å². The molecule has 0 saturated carbocycles. The maximum atomic E-state index is 12.7. The minimum Gasteiger partial charge on any atom is -0.352 e. The Morgan fingerprint density at radius 3 is 1.87 bits per heavy atom. The third kappa shape index (κ3) is 3.62. The molecule has 4 rings (SSSR count). The van der Waals surface area contributed by atoms with E-state index in [9.17, 15) is 14.4 Å². The molecule has 0 unspecified atom stereocenters. The third-order valence-corrected chi connectivity index (χ3v) is 5.32. The molecule has 152 valence electrons. The zero-order valence-electron chi connectivity index (χ0n) is 16.3. The van der Waals surface area contributed by atoms with Crippen molar-refractivity contribution in [2.75, 3.05) is 6.54 Å². The average Bonchev–Trinajstić information content (AvgIpc) is 3.27. The first-order chi connectivity index (χ1) is 14.5. The first-order valence-corrected chi connectivity index (χ1v) is 10.1. The molecule has 3 N–H and O–H groups in total. The van der Waals surface area contributed by atoms with Gasteiger partial charge in [-0.15, -0.1) is 0 Å². The van der Waals surface area contributed by atoms with Crippen LogP contribution in [0.3, 0.4) is 0 Å². The molecule has 7 heteroatoms. The lowest BCUT2D eigenvalue weighted by Crippen LogP contribution is -2.24. The highest BCUT2D eigenvalue weighted by Crippen LogP contribution is 2.37. The summed E-state index contributed by atoms with van der Waals surface area (Å²) in [6.45, 7) is 2.69. The first-order valence-electron chi connectivity index (χ1n) is 9.75. The van der Waals surface area contributed by atoms with Gasteiger partial charge in [-0.2, -0.15) is 0 Å². The molecule has 6 nitrogen and oxygen atoms in total. The van der Waals surface area contributed by atoms with Gasteiger partial charge >= 0.3 is 0 Å². The van der Waals surface area contributed by atoms with E-state index in [1.165, 1.54) is 0 Å². The van der Waals surface area contributed by atoms with Crippen molar-refractivity contribution in [1.29, 1.82) is 0 Å². The molecule has 0 bridgehead atoms. The Labute approximate surface area is 179 Å². The maximum Gasteiger partial charge on any atom is 0.258 e. The normalized spacial score (nSPS) is 15.3. The number of rotatable bonds is 6. The van der Waals surface area contributed by atoms with Crippen LogP contribution in [0.25, 0.3) is 11.4 Å². The molecule has 0 aromatic heterocycles. The van der Waals surface area contributed by atoms with Crippen molar-refractivity contribution in [3.8, 4) is 0 Å². The van der Waals surface area contributed by atoms with E-state index in [0.29, 0.717) is 50.8 Å². The van der Waals surface area contributed by atoms with Gasteiger partial charge in [0.05, 0.1) is 22.5 Å². The number of carbonyl (C=O) groups excluding carboxylic acids is 3. The number of fused-ring (bicyclic) bond motifs is 1. The first kappa shape index (κ1) is 19.9. The average molecular weight is 422 g/mol. The number of hydrogen-bond acceptors (Lipinski definition) is 3. The molecule has 2 heterocycles. The van der Waals surface area contributed by atoms with Crippen LogP contribution < -0.4 is 16.0 Å². The molecule has 30 heavy (non-hydrogen) atoms. The van der Waals surface area contributed by atoms with Crippen LogP contribution in [0.15, 0.2) is 59.7 Å². The predicted octanol–water partition coefficient (Wildman–Crippen LogP) is 3.25. The summed E-state index contributed by atoms with van der Waals surface area (Å²) in [5, 5.41) is 9.03. The van der Waals surface area contributed by atoms with Crippen molar-refractivity contribution in [2.24, 2.45) is 0 Å². The molecule has 0 fully saturated rings. The highest BCUT2D eigenvalue weighted by atomic mass is 35.5. The molecule has 0 saturated heterocycles. The summed E-state index contributed by atoms with van der Waals surface area (Å²) in [5.74, 6) is -0.832. The number of carbonyl (C=O) groups is 3. The molecule has 0 spiro atoms. The molecule has 0 aliphatic carbocycles. The summed E-state index contributed by atoms with van der Waals surface area (Å²) in [5.41, 5.74) is 3.42. The number of unbranched alkanes of at least 4 members (excludes halogenated alkanes) is 1. The van der Waals surface area contributed by atoms with E-state index < -0.39 is 0 Å². The van der Waals surface area contributed by atoms with E-state index in [2.05, 4.69) is 22.9 Å². The number of hydrogen-bond donors (Lipinski definition) is 3. The van der Waals surface area contributed by atoms with E-state index in [0.717, 1.165) is 12.8 Å². The summed E-state index contributed by atoms with van der Waals surface area (Å²) in [6, 6.07) is 13.8. The van der Waals surface area contributed by atoms with Gasteiger partial charge in [-0.25, -0.2) is 0 Å². The van der Waals surface area contributed by atoms with Gasteiger partial charge in [0.15, 0.2) is 0 Å². The summed E-state index contributed by atoms with van der Waals surface area (Å²) >= 11 is 5.94. The smallest absolute Gasteiger partial charge is 0.258 e. The number of amides is 3. The molecular formula is C23H20ClN3O3. The lowest BCUT2D eigenvalue weighted by atomic mass is 10.0. The Kier molecular flexibility index (Phi) is 5.42. The highest BCUT2D eigenvalue weighted by Gasteiger charge is 2.40. The second-order valence-electron chi connectivity index (χ2n) is 7.10. The fourth-order valence-corrected chi connectivity index (χ4v) is 3.63. The van der Waals surface area contributed by atoms with Gasteiger partial charge in [0.1, 0.15) is 0 Å². The Balaban J connectivity index is 1.66. The zero-order chi connectivity index (χ0) is 21.3. The molecule has 0 radical (unpaired) electrons. The standard InChI is InChI=1S/C23H20ClN3O3/c1-2-3-12-25-21(28)15-6-4-13(5-7-15)19-17-18(23(30)26-19)20(27-22(17)29)14-8-10-16(24)11-9-14/h4-11H,2-3,12H2,1H3,(H,25,28)(H,26,30)(H,27,29). The van der Waals surface area contributed by atoms with Gasteiger partial charge < -0.3 is 16.0 Å². The summed E-state index contributed by atoms with van der Waals surface area (Å²) in [7, 11) is 0. The largest absolute Gasteiger partial charge is 0.352 e. The van der Waals surface area contributed by atoms with Crippen LogP contribution in [-0.4, -0.2) is 24.3 Å². The van der Waals surface area contributed by atoms with Gasteiger partial charge in [-0.3, -0.25) is 14.4 Å².